The highest BCUT2D eigenvalue weighted by Crippen LogP contribution is 2.80. The lowest BCUT2D eigenvalue weighted by atomic mass is 9.86. The smallest absolute Gasteiger partial charge is 0.325 e. The maximum atomic E-state index is 12.1. The van der Waals surface area contributed by atoms with Crippen molar-refractivity contribution in [3.63, 3.8) is 0 Å². The van der Waals surface area contributed by atoms with E-state index in [9.17, 15) is 15.2 Å². The number of hydrogen-bond acceptors (Lipinski definition) is 3. The van der Waals surface area contributed by atoms with Crippen LogP contribution < -0.4 is 4.74 Å². The number of hydrogen-bond donors (Lipinski definition) is 1. The van der Waals surface area contributed by atoms with Crippen LogP contribution >= 0.6 is 23.2 Å². The molecule has 2 atom stereocenters. The second kappa shape index (κ2) is 7.16. The number of halogens is 2. The number of carboxylic acid groups (broad SMARTS) is 1. The van der Waals surface area contributed by atoms with Crippen LogP contribution in [0.5, 0.6) is 11.5 Å². The Labute approximate surface area is 174 Å². The van der Waals surface area contributed by atoms with E-state index in [4.69, 9.17) is 27.9 Å². The molecular weight excluding hydrogens is 397 g/mol. The van der Waals surface area contributed by atoms with E-state index in [2.05, 4.69) is 0 Å². The van der Waals surface area contributed by atoms with Crippen molar-refractivity contribution in [1.29, 1.82) is 5.26 Å². The molecular formula is C22H19Cl2NO3. The zero-order valence-electron chi connectivity index (χ0n) is 15.4. The summed E-state index contributed by atoms with van der Waals surface area (Å²) >= 11 is 11.8. The first-order chi connectivity index (χ1) is 13.2. The predicted molar refractivity (Wildman–Crippen MR) is 108 cm³/mol. The number of ether oxygens (including phenoxy) is 1. The number of benzene rings is 2. The average Bonchev–Trinajstić information content (AvgIpc) is 3.03. The Bertz CT molecular complexity index is 977. The van der Waals surface area contributed by atoms with Crippen molar-refractivity contribution in [3.05, 3.63) is 70.7 Å². The minimum Gasteiger partial charge on any atom is -0.480 e. The summed E-state index contributed by atoms with van der Waals surface area (Å²) in [6.45, 7) is 3.50. The molecule has 0 saturated heterocycles. The third kappa shape index (κ3) is 2.96. The van der Waals surface area contributed by atoms with E-state index in [1.165, 1.54) is 6.08 Å². The Hall–Kier alpha value is -2.48. The van der Waals surface area contributed by atoms with Gasteiger partial charge < -0.3 is 9.84 Å². The minimum absolute atomic E-state index is 0.0526. The van der Waals surface area contributed by atoms with Crippen molar-refractivity contribution in [2.75, 3.05) is 0 Å². The van der Waals surface area contributed by atoms with Crippen LogP contribution in [0.25, 0.3) is 0 Å². The topological polar surface area (TPSA) is 70.3 Å². The first kappa shape index (κ1) is 20.3. The molecule has 1 saturated carbocycles. The molecule has 0 amide bonds. The second-order valence-electron chi connectivity index (χ2n) is 7.44. The van der Waals surface area contributed by atoms with Crippen LogP contribution in [0.2, 0.25) is 0 Å². The van der Waals surface area contributed by atoms with E-state index >= 15 is 0 Å². The fraction of sp³-hybridized carbons (Fsp3) is 0.273. The number of carbonyl (C=O) groups is 1. The Kier molecular flexibility index (Phi) is 5.18. The maximum Gasteiger partial charge on any atom is 0.325 e. The Balaban J connectivity index is 1.99. The molecule has 1 aliphatic rings. The van der Waals surface area contributed by atoms with Crippen LogP contribution in [0, 0.1) is 27.6 Å². The van der Waals surface area contributed by atoms with Gasteiger partial charge in [0.25, 0.3) is 0 Å². The summed E-state index contributed by atoms with van der Waals surface area (Å²) in [7, 11) is 0. The van der Waals surface area contributed by atoms with Crippen molar-refractivity contribution >= 4 is 29.2 Å². The second-order valence-corrected chi connectivity index (χ2v) is 8.44. The monoisotopic (exact) mass is 415 g/mol. The van der Waals surface area contributed by atoms with Gasteiger partial charge >= 0.3 is 5.97 Å². The number of para-hydroxylation sites is 1. The molecule has 6 heteroatoms. The number of aliphatic carboxylic acids is 1. The summed E-state index contributed by atoms with van der Waals surface area (Å²) in [5.74, 6) is 0.139. The first-order valence-electron chi connectivity index (χ1n) is 8.70. The van der Waals surface area contributed by atoms with Crippen molar-refractivity contribution in [3.8, 4) is 17.6 Å². The van der Waals surface area contributed by atoms with Crippen molar-refractivity contribution < 1.29 is 14.6 Å². The van der Waals surface area contributed by atoms with Gasteiger partial charge in [0.2, 0.25) is 0 Å². The highest BCUT2D eigenvalue weighted by molar-refractivity contribution is 6.56. The Morgan fingerprint density at radius 2 is 1.79 bits per heavy atom. The third-order valence-electron chi connectivity index (χ3n) is 5.86. The molecule has 2 aromatic carbocycles. The standard InChI is InChI=1S/C22H19Cl2NO3/c1-20(2)21(13-18(23)24,22(20,14-25)19(26)27)12-15-7-6-10-17(11-15)28-16-8-4-3-5-9-16/h3-11,13H,12H2,1-2H3,(H,26,27)/t21-,22+/m1/s1. The normalized spacial score (nSPS) is 24.7. The van der Waals surface area contributed by atoms with Crippen LogP contribution in [0.1, 0.15) is 19.4 Å². The molecule has 0 radical (unpaired) electrons. The lowest BCUT2D eigenvalue weighted by Crippen LogP contribution is -2.23. The molecule has 4 nitrogen and oxygen atoms in total. The number of nitrogens with zero attached hydrogens (tertiary/aromatic N) is 1. The van der Waals surface area contributed by atoms with Crippen LogP contribution in [0.3, 0.4) is 0 Å². The van der Waals surface area contributed by atoms with E-state index in [1.807, 2.05) is 60.7 Å². The molecule has 0 heterocycles. The number of carboxylic acids is 1. The highest BCUT2D eigenvalue weighted by atomic mass is 35.5. The molecule has 3 rings (SSSR count). The molecule has 0 spiro atoms. The fourth-order valence-electron chi connectivity index (χ4n) is 4.29. The van der Waals surface area contributed by atoms with Gasteiger partial charge in [0, 0.05) is 10.8 Å². The van der Waals surface area contributed by atoms with Gasteiger partial charge in [0.05, 0.1) is 6.07 Å². The summed E-state index contributed by atoms with van der Waals surface area (Å²) in [4.78, 5) is 12.1. The summed E-state index contributed by atoms with van der Waals surface area (Å²) in [6, 6.07) is 18.7. The molecule has 28 heavy (non-hydrogen) atoms. The molecule has 1 aliphatic carbocycles. The largest absolute Gasteiger partial charge is 0.480 e. The van der Waals surface area contributed by atoms with Crippen molar-refractivity contribution in [2.24, 2.45) is 16.2 Å². The van der Waals surface area contributed by atoms with Crippen molar-refractivity contribution in [1.82, 2.24) is 0 Å². The van der Waals surface area contributed by atoms with E-state index < -0.39 is 22.2 Å². The number of rotatable bonds is 6. The SMILES string of the molecule is CC1(C)[C@](C=C(Cl)Cl)(Cc2cccc(Oc3ccccc3)c2)[C@@]1(C#N)C(=O)O. The molecule has 0 unspecified atom stereocenters. The van der Waals surface area contributed by atoms with Gasteiger partial charge in [-0.2, -0.15) is 5.26 Å². The van der Waals surface area contributed by atoms with E-state index in [1.54, 1.807) is 13.8 Å². The zero-order chi connectivity index (χ0) is 20.6. The summed E-state index contributed by atoms with van der Waals surface area (Å²) in [6.07, 6.45) is 1.78. The molecule has 144 valence electrons. The minimum atomic E-state index is -1.62. The fourth-order valence-corrected chi connectivity index (χ4v) is 4.66. The Morgan fingerprint density at radius 1 is 1.14 bits per heavy atom. The van der Waals surface area contributed by atoms with Gasteiger partial charge in [0.1, 0.15) is 16.0 Å². The maximum absolute atomic E-state index is 12.1. The van der Waals surface area contributed by atoms with Crippen LogP contribution in [0.15, 0.2) is 65.2 Å². The van der Waals surface area contributed by atoms with Gasteiger partial charge in [0.15, 0.2) is 5.41 Å². The lowest BCUT2D eigenvalue weighted by Gasteiger charge is -2.17. The number of nitriles is 1. The molecule has 0 aromatic heterocycles. The van der Waals surface area contributed by atoms with Gasteiger partial charge in [-0.3, -0.25) is 4.79 Å². The molecule has 0 aliphatic heterocycles. The first-order valence-corrected chi connectivity index (χ1v) is 9.46. The van der Waals surface area contributed by atoms with Crippen LogP contribution in [-0.4, -0.2) is 11.1 Å². The highest BCUT2D eigenvalue weighted by Gasteiger charge is 2.86. The molecule has 1 N–H and O–H groups in total. The lowest BCUT2D eigenvalue weighted by molar-refractivity contribution is -0.142. The predicted octanol–water partition coefficient (Wildman–Crippen LogP) is 5.96. The molecule has 1 fully saturated rings. The summed E-state index contributed by atoms with van der Waals surface area (Å²) < 4.78 is 5.81. The molecule has 2 aromatic rings. The van der Waals surface area contributed by atoms with Gasteiger partial charge in [-0.1, -0.05) is 67.4 Å². The number of allylic oxidation sites excluding steroid dienone is 1. The van der Waals surface area contributed by atoms with Gasteiger partial charge in [-0.15, -0.1) is 0 Å². The molecule has 0 bridgehead atoms. The average molecular weight is 416 g/mol. The van der Waals surface area contributed by atoms with Crippen LogP contribution in [0.4, 0.5) is 0 Å². The zero-order valence-corrected chi connectivity index (χ0v) is 17.0. The summed E-state index contributed by atoms with van der Waals surface area (Å²) in [5.41, 5.74) is -2.69. The third-order valence-corrected chi connectivity index (χ3v) is 6.08. The van der Waals surface area contributed by atoms with E-state index in [-0.39, 0.29) is 10.9 Å². The van der Waals surface area contributed by atoms with Gasteiger partial charge in [-0.25, -0.2) is 0 Å². The summed E-state index contributed by atoms with van der Waals surface area (Å²) in [5, 5.41) is 19.6. The quantitative estimate of drug-likeness (QED) is 0.631. The Morgan fingerprint density at radius 3 is 2.32 bits per heavy atom. The van der Waals surface area contributed by atoms with Gasteiger partial charge in [-0.05, 0) is 42.3 Å². The van der Waals surface area contributed by atoms with E-state index in [0.29, 0.717) is 11.5 Å². The van der Waals surface area contributed by atoms with Crippen LogP contribution in [-0.2, 0) is 11.2 Å². The van der Waals surface area contributed by atoms with E-state index in [0.717, 1.165) is 5.56 Å². The van der Waals surface area contributed by atoms with Crippen molar-refractivity contribution in [2.45, 2.75) is 20.3 Å².